The summed E-state index contributed by atoms with van der Waals surface area (Å²) in [6.07, 6.45) is 6.59. The average molecular weight is 377 g/mol. The van der Waals surface area contributed by atoms with Gasteiger partial charge in [-0.05, 0) is 73.1 Å². The molecule has 3 heteroatoms. The Hall–Kier alpha value is -0.830. The fourth-order valence-corrected chi connectivity index (χ4v) is 5.74. The minimum Gasteiger partial charge on any atom is -0.493 e. The number of halogens is 1. The van der Waals surface area contributed by atoms with Gasteiger partial charge >= 0.3 is 0 Å². The van der Waals surface area contributed by atoms with Gasteiger partial charge in [-0.3, -0.25) is 4.79 Å². The summed E-state index contributed by atoms with van der Waals surface area (Å²) >= 11 is 3.41. The van der Waals surface area contributed by atoms with Crippen LogP contribution < -0.4 is 4.74 Å². The van der Waals surface area contributed by atoms with E-state index in [-0.39, 0.29) is 5.41 Å². The molecule has 4 rings (SSSR count). The van der Waals surface area contributed by atoms with Crippen LogP contribution in [0.15, 0.2) is 18.2 Å². The largest absolute Gasteiger partial charge is 0.493 e. The van der Waals surface area contributed by atoms with E-state index in [9.17, 15) is 4.79 Å². The van der Waals surface area contributed by atoms with Crippen LogP contribution in [0.5, 0.6) is 5.75 Å². The van der Waals surface area contributed by atoms with Crippen molar-refractivity contribution >= 4 is 21.7 Å². The van der Waals surface area contributed by atoms with Gasteiger partial charge in [0.25, 0.3) is 0 Å². The van der Waals surface area contributed by atoms with E-state index in [1.54, 1.807) is 0 Å². The molecule has 0 heterocycles. The highest BCUT2D eigenvalue weighted by molar-refractivity contribution is 9.09. The topological polar surface area (TPSA) is 26.3 Å². The molecule has 3 aliphatic rings. The molecule has 4 atom stereocenters. The van der Waals surface area contributed by atoms with Crippen LogP contribution in [0.3, 0.4) is 0 Å². The van der Waals surface area contributed by atoms with Crippen LogP contribution >= 0.6 is 15.9 Å². The minimum atomic E-state index is -0.0163. The van der Waals surface area contributed by atoms with Gasteiger partial charge in [0.1, 0.15) is 11.5 Å². The van der Waals surface area contributed by atoms with Gasteiger partial charge in [0.2, 0.25) is 0 Å². The van der Waals surface area contributed by atoms with Crippen molar-refractivity contribution in [1.29, 1.82) is 0 Å². The van der Waals surface area contributed by atoms with Crippen LogP contribution in [0.25, 0.3) is 0 Å². The first-order valence-electron chi connectivity index (χ1n) is 8.98. The number of ketones is 1. The molecule has 2 fully saturated rings. The summed E-state index contributed by atoms with van der Waals surface area (Å²) in [5.74, 6) is 3.52. The highest BCUT2D eigenvalue weighted by atomic mass is 79.9. The number of Topliss-reactive ketones (excluding diaryl/α,β-unsaturated/α-hetero) is 1. The third-order valence-corrected chi connectivity index (χ3v) is 7.08. The fourth-order valence-electron chi connectivity index (χ4n) is 5.58. The zero-order chi connectivity index (χ0) is 16.0. The first-order chi connectivity index (χ1) is 11.1. The lowest BCUT2D eigenvalue weighted by atomic mass is 9.55. The van der Waals surface area contributed by atoms with Crippen molar-refractivity contribution in [3.63, 3.8) is 0 Å². The Balaban J connectivity index is 1.61. The van der Waals surface area contributed by atoms with Crippen LogP contribution in [0.2, 0.25) is 0 Å². The third kappa shape index (κ3) is 2.47. The maximum Gasteiger partial charge on any atom is 0.139 e. The molecule has 4 unspecified atom stereocenters. The molecule has 0 radical (unpaired) electrons. The van der Waals surface area contributed by atoms with Crippen LogP contribution in [0, 0.1) is 17.3 Å². The number of benzene rings is 1. The summed E-state index contributed by atoms with van der Waals surface area (Å²) in [6.45, 7) is 2.96. The molecule has 1 aromatic carbocycles. The molecular weight excluding hydrogens is 352 g/mol. The van der Waals surface area contributed by atoms with E-state index in [2.05, 4.69) is 41.1 Å². The van der Waals surface area contributed by atoms with Crippen molar-refractivity contribution < 1.29 is 9.53 Å². The number of carbonyl (C=O) groups excluding carboxylic acids is 1. The molecule has 23 heavy (non-hydrogen) atoms. The molecule has 3 aliphatic carbocycles. The Morgan fingerprint density at radius 2 is 2.13 bits per heavy atom. The maximum atomic E-state index is 12.4. The monoisotopic (exact) mass is 376 g/mol. The Kier molecular flexibility index (Phi) is 4.03. The predicted molar refractivity (Wildman–Crippen MR) is 95.4 cm³/mol. The molecule has 0 amide bonds. The number of rotatable bonds is 3. The number of hydrogen-bond donors (Lipinski definition) is 0. The minimum absolute atomic E-state index is 0.0163. The highest BCUT2D eigenvalue weighted by Crippen LogP contribution is 2.59. The predicted octanol–water partition coefficient (Wildman–Crippen LogP) is 4.89. The summed E-state index contributed by atoms with van der Waals surface area (Å²) in [5.41, 5.74) is 3.00. The maximum absolute atomic E-state index is 12.4. The highest BCUT2D eigenvalue weighted by Gasteiger charge is 2.54. The second-order valence-corrected chi connectivity index (χ2v) is 8.52. The Bertz CT molecular complexity index is 626. The Labute approximate surface area is 147 Å². The Morgan fingerprint density at radius 1 is 1.26 bits per heavy atom. The number of ether oxygens (including phenoxy) is 1. The number of carbonyl (C=O) groups is 1. The van der Waals surface area contributed by atoms with E-state index in [4.69, 9.17) is 4.74 Å². The van der Waals surface area contributed by atoms with Gasteiger partial charge in [0.05, 0.1) is 6.61 Å². The first-order valence-corrected chi connectivity index (χ1v) is 10.1. The van der Waals surface area contributed by atoms with E-state index in [1.165, 1.54) is 24.0 Å². The van der Waals surface area contributed by atoms with E-state index in [1.807, 2.05) is 0 Å². The molecule has 0 N–H and O–H groups in total. The van der Waals surface area contributed by atoms with Crippen LogP contribution in [0.4, 0.5) is 0 Å². The fraction of sp³-hybridized carbons (Fsp3) is 0.650. The Morgan fingerprint density at radius 3 is 2.96 bits per heavy atom. The van der Waals surface area contributed by atoms with Gasteiger partial charge in [-0.25, -0.2) is 0 Å². The first kappa shape index (κ1) is 15.7. The number of aryl methyl sites for hydroxylation is 1. The van der Waals surface area contributed by atoms with Crippen molar-refractivity contribution in [2.75, 3.05) is 11.9 Å². The van der Waals surface area contributed by atoms with Gasteiger partial charge in [0, 0.05) is 17.2 Å². The summed E-state index contributed by atoms with van der Waals surface area (Å²) in [6, 6.07) is 6.69. The lowest BCUT2D eigenvalue weighted by Gasteiger charge is -2.48. The van der Waals surface area contributed by atoms with Gasteiger partial charge in [-0.2, -0.15) is 0 Å². The number of fused-ring (bicyclic) bond motifs is 5. The van der Waals surface area contributed by atoms with Crippen molar-refractivity contribution in [2.45, 2.75) is 51.4 Å². The second kappa shape index (κ2) is 5.91. The lowest BCUT2D eigenvalue weighted by molar-refractivity contribution is -0.129. The molecule has 0 aromatic heterocycles. The zero-order valence-corrected chi connectivity index (χ0v) is 15.4. The van der Waals surface area contributed by atoms with Crippen LogP contribution in [0.1, 0.15) is 56.1 Å². The standard InChI is InChI=1S/C20H25BrO2/c1-20-9-8-16-15-5-3-14(23-11-10-21)12-13(15)2-4-17(16)18(20)6-7-19(20)22/h3,5,12,16-18H,2,4,6-11H2,1H3. The van der Waals surface area contributed by atoms with Gasteiger partial charge < -0.3 is 4.74 Å². The SMILES string of the molecule is CC12CCC3c4ccc(OCCBr)cc4CCC3C1CCC2=O. The molecule has 0 spiro atoms. The summed E-state index contributed by atoms with van der Waals surface area (Å²) in [4.78, 5) is 12.4. The molecule has 1 aromatic rings. The normalized spacial score (nSPS) is 35.4. The lowest BCUT2D eigenvalue weighted by Crippen LogP contribution is -2.42. The molecule has 2 saturated carbocycles. The van der Waals surface area contributed by atoms with Gasteiger partial charge in [-0.1, -0.05) is 28.9 Å². The third-order valence-electron chi connectivity index (χ3n) is 6.75. The molecule has 0 bridgehead atoms. The van der Waals surface area contributed by atoms with Gasteiger partial charge in [0.15, 0.2) is 0 Å². The smallest absolute Gasteiger partial charge is 0.139 e. The molecule has 0 saturated heterocycles. The quantitative estimate of drug-likeness (QED) is 0.702. The van der Waals surface area contributed by atoms with Crippen molar-refractivity contribution in [3.05, 3.63) is 29.3 Å². The number of alkyl halides is 1. The van der Waals surface area contributed by atoms with E-state index >= 15 is 0 Å². The molecule has 2 nitrogen and oxygen atoms in total. The van der Waals surface area contributed by atoms with E-state index < -0.39 is 0 Å². The molecule has 124 valence electrons. The van der Waals surface area contributed by atoms with Crippen LogP contribution in [-0.4, -0.2) is 17.7 Å². The second-order valence-electron chi connectivity index (χ2n) is 7.73. The van der Waals surface area contributed by atoms with Crippen molar-refractivity contribution in [1.82, 2.24) is 0 Å². The van der Waals surface area contributed by atoms with Crippen LogP contribution in [-0.2, 0) is 11.2 Å². The number of hydrogen-bond acceptors (Lipinski definition) is 2. The zero-order valence-electron chi connectivity index (χ0n) is 13.8. The van der Waals surface area contributed by atoms with Crippen molar-refractivity contribution in [3.8, 4) is 5.75 Å². The van der Waals surface area contributed by atoms with E-state index in [0.29, 0.717) is 30.1 Å². The summed E-state index contributed by atoms with van der Waals surface area (Å²) in [5, 5.41) is 0.864. The summed E-state index contributed by atoms with van der Waals surface area (Å²) < 4.78 is 5.77. The summed E-state index contributed by atoms with van der Waals surface area (Å²) in [7, 11) is 0. The van der Waals surface area contributed by atoms with Gasteiger partial charge in [-0.15, -0.1) is 0 Å². The average Bonchev–Trinajstić information content (AvgIpc) is 2.88. The molecule has 0 aliphatic heterocycles. The van der Waals surface area contributed by atoms with Crippen molar-refractivity contribution in [2.24, 2.45) is 17.3 Å². The van der Waals surface area contributed by atoms with E-state index in [0.717, 1.165) is 36.8 Å². The molecular formula is C20H25BrO2.